The Bertz CT molecular complexity index is 938. The van der Waals surface area contributed by atoms with E-state index in [0.29, 0.717) is 22.3 Å². The SMILES string of the molecule is CCN(CC)CCN(C(=O)c1ccc(SC)cc1)c1nc2c(Cl)cccc2s1. The van der Waals surface area contributed by atoms with E-state index in [9.17, 15) is 4.79 Å². The first-order valence-corrected chi connectivity index (χ1v) is 11.7. The Morgan fingerprint density at radius 2 is 1.82 bits per heavy atom. The van der Waals surface area contributed by atoms with Gasteiger partial charge in [0.25, 0.3) is 5.91 Å². The lowest BCUT2D eigenvalue weighted by Gasteiger charge is -2.24. The molecule has 0 aliphatic carbocycles. The first-order valence-electron chi connectivity index (χ1n) is 9.30. The molecule has 0 aliphatic rings. The molecule has 0 saturated carbocycles. The van der Waals surface area contributed by atoms with Gasteiger partial charge in [0.05, 0.1) is 9.72 Å². The first kappa shape index (κ1) is 21.1. The number of carbonyl (C=O) groups excluding carboxylic acids is 1. The number of halogens is 1. The van der Waals surface area contributed by atoms with Crippen LogP contribution in [0, 0.1) is 0 Å². The van der Waals surface area contributed by atoms with Crippen LogP contribution in [0.4, 0.5) is 5.13 Å². The monoisotopic (exact) mass is 433 g/mol. The van der Waals surface area contributed by atoms with Crippen LogP contribution in [-0.2, 0) is 0 Å². The Morgan fingerprint density at radius 1 is 1.11 bits per heavy atom. The van der Waals surface area contributed by atoms with Crippen LogP contribution in [0.3, 0.4) is 0 Å². The zero-order chi connectivity index (χ0) is 20.1. The van der Waals surface area contributed by atoms with Gasteiger partial charge in [-0.2, -0.15) is 0 Å². The van der Waals surface area contributed by atoms with Gasteiger partial charge in [-0.3, -0.25) is 9.69 Å². The predicted octanol–water partition coefficient (Wildman–Crippen LogP) is 5.66. The molecule has 148 valence electrons. The minimum Gasteiger partial charge on any atom is -0.302 e. The van der Waals surface area contributed by atoms with Crippen molar-refractivity contribution in [3.05, 3.63) is 53.1 Å². The van der Waals surface area contributed by atoms with Gasteiger partial charge in [0, 0.05) is 23.5 Å². The first-order chi connectivity index (χ1) is 13.6. The standard InChI is InChI=1S/C21H24ClN3OS2/c1-4-24(5-2)13-14-25(20(26)15-9-11-16(27-3)12-10-15)21-23-19-17(22)7-6-8-18(19)28-21/h6-12H,4-5,13-14H2,1-3H3. The van der Waals surface area contributed by atoms with Gasteiger partial charge in [0.2, 0.25) is 0 Å². The van der Waals surface area contributed by atoms with Crippen LogP contribution in [0.2, 0.25) is 5.02 Å². The largest absolute Gasteiger partial charge is 0.302 e. The summed E-state index contributed by atoms with van der Waals surface area (Å²) in [5, 5.41) is 1.30. The lowest BCUT2D eigenvalue weighted by Crippen LogP contribution is -2.38. The molecule has 7 heteroatoms. The Balaban J connectivity index is 1.95. The molecule has 1 aromatic heterocycles. The molecule has 0 atom stereocenters. The summed E-state index contributed by atoms with van der Waals surface area (Å²) in [6.45, 7) is 7.55. The summed E-state index contributed by atoms with van der Waals surface area (Å²) < 4.78 is 0.987. The number of likely N-dealkylation sites (N-methyl/N-ethyl adjacent to an activating group) is 1. The molecule has 0 aliphatic heterocycles. The fraction of sp³-hybridized carbons (Fsp3) is 0.333. The number of anilines is 1. The molecule has 2 aromatic carbocycles. The number of para-hydroxylation sites is 1. The van der Waals surface area contributed by atoms with E-state index in [0.717, 1.165) is 34.7 Å². The summed E-state index contributed by atoms with van der Waals surface area (Å²) in [5.41, 5.74) is 1.42. The normalized spacial score (nSPS) is 11.3. The van der Waals surface area contributed by atoms with Crippen LogP contribution in [0.25, 0.3) is 10.2 Å². The quantitative estimate of drug-likeness (QED) is 0.429. The zero-order valence-electron chi connectivity index (χ0n) is 16.3. The number of carbonyl (C=O) groups is 1. The fourth-order valence-electron chi connectivity index (χ4n) is 2.97. The van der Waals surface area contributed by atoms with Crippen molar-refractivity contribution in [1.82, 2.24) is 9.88 Å². The third-order valence-corrected chi connectivity index (χ3v) is 6.80. The second kappa shape index (κ2) is 9.74. The molecule has 3 aromatic rings. The zero-order valence-corrected chi connectivity index (χ0v) is 18.7. The maximum Gasteiger partial charge on any atom is 0.260 e. The highest BCUT2D eigenvalue weighted by Gasteiger charge is 2.22. The smallest absolute Gasteiger partial charge is 0.260 e. The summed E-state index contributed by atoms with van der Waals surface area (Å²) in [4.78, 5) is 23.2. The predicted molar refractivity (Wildman–Crippen MR) is 122 cm³/mol. The number of hydrogen-bond donors (Lipinski definition) is 0. The number of thiazole rings is 1. The highest BCUT2D eigenvalue weighted by molar-refractivity contribution is 7.98. The van der Waals surface area contributed by atoms with Crippen LogP contribution < -0.4 is 4.90 Å². The Labute approximate surface area is 179 Å². The molecule has 1 heterocycles. The van der Waals surface area contributed by atoms with E-state index in [1.807, 2.05) is 48.7 Å². The number of benzene rings is 2. The van der Waals surface area contributed by atoms with E-state index in [-0.39, 0.29) is 5.91 Å². The number of fused-ring (bicyclic) bond motifs is 1. The Morgan fingerprint density at radius 3 is 2.43 bits per heavy atom. The number of rotatable bonds is 8. The van der Waals surface area contributed by atoms with E-state index in [4.69, 9.17) is 16.6 Å². The highest BCUT2D eigenvalue weighted by Crippen LogP contribution is 2.33. The van der Waals surface area contributed by atoms with Gasteiger partial charge >= 0.3 is 0 Å². The molecular formula is C21H24ClN3OS2. The molecule has 0 bridgehead atoms. The van der Waals surface area contributed by atoms with E-state index < -0.39 is 0 Å². The van der Waals surface area contributed by atoms with Gasteiger partial charge < -0.3 is 4.90 Å². The molecule has 4 nitrogen and oxygen atoms in total. The number of thioether (sulfide) groups is 1. The molecular weight excluding hydrogens is 410 g/mol. The molecule has 28 heavy (non-hydrogen) atoms. The van der Waals surface area contributed by atoms with Crippen molar-refractivity contribution >= 4 is 56.0 Å². The number of amides is 1. The fourth-order valence-corrected chi connectivity index (χ4v) is 4.67. The Kier molecular flexibility index (Phi) is 7.35. The number of aromatic nitrogens is 1. The van der Waals surface area contributed by atoms with Crippen LogP contribution in [0.15, 0.2) is 47.4 Å². The van der Waals surface area contributed by atoms with Gasteiger partial charge in [0.15, 0.2) is 5.13 Å². The van der Waals surface area contributed by atoms with Gasteiger partial charge in [-0.15, -0.1) is 11.8 Å². The summed E-state index contributed by atoms with van der Waals surface area (Å²) in [7, 11) is 0. The second-order valence-electron chi connectivity index (χ2n) is 6.30. The maximum atomic E-state index is 13.3. The minimum atomic E-state index is -0.0324. The van der Waals surface area contributed by atoms with Crippen LogP contribution >= 0.6 is 34.7 Å². The second-order valence-corrected chi connectivity index (χ2v) is 8.59. The number of hydrogen-bond acceptors (Lipinski definition) is 5. The number of nitrogens with zero attached hydrogens (tertiary/aromatic N) is 3. The maximum absolute atomic E-state index is 13.3. The van der Waals surface area contributed by atoms with Gasteiger partial charge in [0.1, 0.15) is 5.52 Å². The molecule has 0 spiro atoms. The van der Waals surface area contributed by atoms with Crippen molar-refractivity contribution in [2.75, 3.05) is 37.3 Å². The molecule has 0 saturated heterocycles. The summed E-state index contributed by atoms with van der Waals surface area (Å²) in [5.74, 6) is -0.0324. The van der Waals surface area contributed by atoms with Gasteiger partial charge in [-0.1, -0.05) is 42.9 Å². The molecule has 0 fully saturated rings. The van der Waals surface area contributed by atoms with Crippen molar-refractivity contribution in [1.29, 1.82) is 0 Å². The van der Waals surface area contributed by atoms with E-state index >= 15 is 0 Å². The molecule has 0 unspecified atom stereocenters. The molecule has 0 N–H and O–H groups in total. The van der Waals surface area contributed by atoms with Crippen molar-refractivity contribution in [2.24, 2.45) is 0 Å². The summed E-state index contributed by atoms with van der Waals surface area (Å²) >= 11 is 9.47. The van der Waals surface area contributed by atoms with E-state index in [2.05, 4.69) is 18.7 Å². The molecule has 1 amide bonds. The lowest BCUT2D eigenvalue weighted by atomic mass is 10.2. The topological polar surface area (TPSA) is 36.4 Å². The van der Waals surface area contributed by atoms with Crippen LogP contribution in [0.1, 0.15) is 24.2 Å². The van der Waals surface area contributed by atoms with Crippen molar-refractivity contribution < 1.29 is 4.79 Å². The van der Waals surface area contributed by atoms with Gasteiger partial charge in [-0.25, -0.2) is 4.98 Å². The lowest BCUT2D eigenvalue weighted by molar-refractivity contribution is 0.0983. The minimum absolute atomic E-state index is 0.0324. The summed E-state index contributed by atoms with van der Waals surface area (Å²) in [6, 6.07) is 13.5. The van der Waals surface area contributed by atoms with Crippen LogP contribution in [-0.4, -0.2) is 48.2 Å². The average Bonchev–Trinajstić information content (AvgIpc) is 3.16. The van der Waals surface area contributed by atoms with Crippen LogP contribution in [0.5, 0.6) is 0 Å². The summed E-state index contributed by atoms with van der Waals surface area (Å²) in [6.07, 6.45) is 2.03. The Hall–Kier alpha value is -1.60. The third kappa shape index (κ3) is 4.69. The van der Waals surface area contributed by atoms with Gasteiger partial charge in [-0.05, 0) is 55.7 Å². The third-order valence-electron chi connectivity index (χ3n) is 4.71. The molecule has 0 radical (unpaired) electrons. The highest BCUT2D eigenvalue weighted by atomic mass is 35.5. The van der Waals surface area contributed by atoms with E-state index in [1.165, 1.54) is 11.3 Å². The average molecular weight is 434 g/mol. The van der Waals surface area contributed by atoms with Crippen molar-refractivity contribution in [2.45, 2.75) is 18.7 Å². The van der Waals surface area contributed by atoms with E-state index in [1.54, 1.807) is 16.7 Å². The van der Waals surface area contributed by atoms with Crippen molar-refractivity contribution in [3.8, 4) is 0 Å². The molecule has 3 rings (SSSR count). The van der Waals surface area contributed by atoms with Crippen molar-refractivity contribution in [3.63, 3.8) is 0 Å².